The van der Waals surface area contributed by atoms with Crippen LogP contribution < -0.4 is 0 Å². The Hall–Kier alpha value is -2.15. The van der Waals surface area contributed by atoms with Crippen LogP contribution in [-0.4, -0.2) is 27.5 Å². The van der Waals surface area contributed by atoms with Crippen molar-refractivity contribution in [2.45, 2.75) is 32.1 Å². The van der Waals surface area contributed by atoms with Crippen molar-refractivity contribution in [2.75, 3.05) is 6.54 Å². The number of nitro benzene ring substituents is 1. The van der Waals surface area contributed by atoms with Crippen molar-refractivity contribution >= 4 is 34.7 Å². The maximum atomic E-state index is 12.5. The van der Waals surface area contributed by atoms with Crippen molar-refractivity contribution in [2.24, 2.45) is 5.92 Å². The van der Waals surface area contributed by atoms with E-state index in [2.05, 4.69) is 0 Å². The number of hydrogen-bond acceptors (Lipinski definition) is 5. The largest absolute Gasteiger partial charge is 0.293 e. The predicted molar refractivity (Wildman–Crippen MR) is 92.3 cm³/mol. The molecule has 126 valence electrons. The Kier molecular flexibility index (Phi) is 4.99. The van der Waals surface area contributed by atoms with Crippen molar-refractivity contribution in [3.63, 3.8) is 0 Å². The van der Waals surface area contributed by atoms with Crippen LogP contribution in [-0.2, 0) is 4.79 Å². The second kappa shape index (κ2) is 7.17. The van der Waals surface area contributed by atoms with Gasteiger partial charge in [-0.2, -0.15) is 0 Å². The molecule has 1 aromatic rings. The van der Waals surface area contributed by atoms with Gasteiger partial charge in [-0.25, -0.2) is 0 Å². The fourth-order valence-electron chi connectivity index (χ4n) is 3.13. The maximum Gasteiger partial charge on any atom is 0.293 e. The van der Waals surface area contributed by atoms with Crippen LogP contribution in [0.5, 0.6) is 0 Å². The number of benzene rings is 1. The minimum atomic E-state index is -0.470. The summed E-state index contributed by atoms with van der Waals surface area (Å²) in [6.07, 6.45) is 7.33. The molecule has 7 heteroatoms. The number of rotatable bonds is 4. The van der Waals surface area contributed by atoms with Gasteiger partial charge in [0.25, 0.3) is 16.8 Å². The fourth-order valence-corrected chi connectivity index (χ4v) is 3.98. The summed E-state index contributed by atoms with van der Waals surface area (Å²) in [5, 5.41) is 10.4. The number of thioether (sulfide) groups is 1. The molecule has 0 N–H and O–H groups in total. The summed E-state index contributed by atoms with van der Waals surface area (Å²) in [5.41, 5.74) is 0.668. The number of nitro groups is 1. The molecule has 0 atom stereocenters. The number of nitrogens with zero attached hydrogens (tertiary/aromatic N) is 2. The quantitative estimate of drug-likeness (QED) is 0.463. The first-order valence-corrected chi connectivity index (χ1v) is 8.86. The molecule has 3 rings (SSSR count). The van der Waals surface area contributed by atoms with E-state index in [1.807, 2.05) is 0 Å². The van der Waals surface area contributed by atoms with Crippen LogP contribution in [0.25, 0.3) is 6.08 Å². The molecule has 24 heavy (non-hydrogen) atoms. The third-order valence-corrected chi connectivity index (χ3v) is 5.35. The first kappa shape index (κ1) is 16.7. The molecule has 6 nitrogen and oxygen atoms in total. The minimum Gasteiger partial charge on any atom is -0.268 e. The summed E-state index contributed by atoms with van der Waals surface area (Å²) < 4.78 is 0. The van der Waals surface area contributed by atoms with Gasteiger partial charge in [0.1, 0.15) is 0 Å². The Balaban J connectivity index is 1.71. The number of non-ortho nitro benzene ring substituents is 1. The van der Waals surface area contributed by atoms with E-state index in [1.54, 1.807) is 18.2 Å². The van der Waals surface area contributed by atoms with E-state index in [9.17, 15) is 19.7 Å². The van der Waals surface area contributed by atoms with Gasteiger partial charge in [-0.1, -0.05) is 19.3 Å². The lowest BCUT2D eigenvalue weighted by Gasteiger charge is -2.25. The van der Waals surface area contributed by atoms with E-state index in [0.29, 0.717) is 22.9 Å². The number of imide groups is 1. The smallest absolute Gasteiger partial charge is 0.268 e. The highest BCUT2D eigenvalue weighted by atomic mass is 32.2. The van der Waals surface area contributed by atoms with Gasteiger partial charge in [-0.15, -0.1) is 0 Å². The van der Waals surface area contributed by atoms with Gasteiger partial charge in [0, 0.05) is 18.7 Å². The third kappa shape index (κ3) is 3.67. The zero-order valence-corrected chi connectivity index (χ0v) is 14.0. The Morgan fingerprint density at radius 3 is 2.46 bits per heavy atom. The topological polar surface area (TPSA) is 80.5 Å². The molecule has 1 aliphatic carbocycles. The number of carbonyl (C=O) groups excluding carboxylic acids is 2. The molecule has 0 radical (unpaired) electrons. The highest BCUT2D eigenvalue weighted by molar-refractivity contribution is 8.18. The zero-order valence-electron chi connectivity index (χ0n) is 13.1. The van der Waals surface area contributed by atoms with Crippen LogP contribution in [0.2, 0.25) is 0 Å². The van der Waals surface area contributed by atoms with E-state index in [0.717, 1.165) is 24.6 Å². The molecule has 0 unspecified atom stereocenters. The van der Waals surface area contributed by atoms with E-state index >= 15 is 0 Å². The van der Waals surface area contributed by atoms with Crippen molar-refractivity contribution in [3.05, 3.63) is 44.8 Å². The fraction of sp³-hybridized carbons (Fsp3) is 0.412. The molecule has 1 saturated heterocycles. The van der Waals surface area contributed by atoms with Crippen molar-refractivity contribution in [1.29, 1.82) is 0 Å². The number of hydrogen-bond donors (Lipinski definition) is 0. The van der Waals surface area contributed by atoms with Crippen LogP contribution in [0.15, 0.2) is 29.2 Å². The number of carbonyl (C=O) groups is 2. The lowest BCUT2D eigenvalue weighted by molar-refractivity contribution is -0.384. The molecular formula is C17H18N2O4S. The molecular weight excluding hydrogens is 328 g/mol. The van der Waals surface area contributed by atoms with E-state index in [4.69, 9.17) is 0 Å². The molecule has 2 amide bonds. The summed E-state index contributed by atoms with van der Waals surface area (Å²) in [5.74, 6) is 0.153. The normalized spacial score (nSPS) is 20.8. The zero-order chi connectivity index (χ0) is 17.1. The second-order valence-electron chi connectivity index (χ2n) is 6.14. The van der Waals surface area contributed by atoms with Gasteiger partial charge >= 0.3 is 0 Å². The highest BCUT2D eigenvalue weighted by Gasteiger charge is 2.36. The predicted octanol–water partition coefficient (Wildman–Crippen LogP) is 4.21. The lowest BCUT2D eigenvalue weighted by Crippen LogP contribution is -2.34. The Morgan fingerprint density at radius 2 is 1.83 bits per heavy atom. The van der Waals surface area contributed by atoms with Gasteiger partial charge in [0.05, 0.1) is 9.83 Å². The Bertz CT molecular complexity index is 693. The molecule has 2 fully saturated rings. The Labute approximate surface area is 144 Å². The van der Waals surface area contributed by atoms with E-state index in [-0.39, 0.29) is 16.8 Å². The monoisotopic (exact) mass is 346 g/mol. The molecule has 0 spiro atoms. The molecule has 1 aliphatic heterocycles. The Morgan fingerprint density at radius 1 is 1.17 bits per heavy atom. The molecule has 0 aromatic heterocycles. The van der Waals surface area contributed by atoms with Gasteiger partial charge in [0.2, 0.25) is 0 Å². The van der Waals surface area contributed by atoms with Crippen LogP contribution in [0, 0.1) is 16.0 Å². The average molecular weight is 346 g/mol. The number of amides is 2. The third-order valence-electron chi connectivity index (χ3n) is 4.44. The minimum absolute atomic E-state index is 0.00227. The summed E-state index contributed by atoms with van der Waals surface area (Å²) in [4.78, 5) is 36.5. The van der Waals surface area contributed by atoms with Gasteiger partial charge in [-0.05, 0) is 54.3 Å². The van der Waals surface area contributed by atoms with Crippen molar-refractivity contribution in [3.8, 4) is 0 Å². The van der Waals surface area contributed by atoms with E-state index < -0.39 is 4.92 Å². The van der Waals surface area contributed by atoms with Gasteiger partial charge in [-0.3, -0.25) is 24.6 Å². The van der Waals surface area contributed by atoms with Crippen molar-refractivity contribution in [1.82, 2.24) is 4.90 Å². The second-order valence-corrected chi connectivity index (χ2v) is 7.14. The molecule has 0 bridgehead atoms. The van der Waals surface area contributed by atoms with Gasteiger partial charge < -0.3 is 0 Å². The van der Waals surface area contributed by atoms with Crippen LogP contribution in [0.1, 0.15) is 37.7 Å². The summed E-state index contributed by atoms with van der Waals surface area (Å²) in [7, 11) is 0. The van der Waals surface area contributed by atoms with Crippen LogP contribution >= 0.6 is 11.8 Å². The highest BCUT2D eigenvalue weighted by Crippen LogP contribution is 2.34. The molecule has 2 aliphatic rings. The maximum absolute atomic E-state index is 12.5. The van der Waals surface area contributed by atoms with Crippen LogP contribution in [0.3, 0.4) is 0 Å². The van der Waals surface area contributed by atoms with Crippen LogP contribution in [0.4, 0.5) is 10.5 Å². The molecule has 1 aromatic carbocycles. The first-order valence-electron chi connectivity index (χ1n) is 8.04. The SMILES string of the molecule is O=C1S/C(=C/c2ccc([N+](=O)[O-])cc2)C(=O)N1CC1CCCCC1. The lowest BCUT2D eigenvalue weighted by atomic mass is 9.89. The molecule has 1 saturated carbocycles. The standard InChI is InChI=1S/C17H18N2O4S/c20-16-15(10-12-6-8-14(9-7-12)19(22)23)24-17(21)18(16)11-13-4-2-1-3-5-13/h6-10,13H,1-5,11H2/b15-10+. The summed E-state index contributed by atoms with van der Waals surface area (Å²) >= 11 is 0.940. The molecule has 1 heterocycles. The van der Waals surface area contributed by atoms with Crippen molar-refractivity contribution < 1.29 is 14.5 Å². The average Bonchev–Trinajstić information content (AvgIpc) is 2.84. The van der Waals surface area contributed by atoms with Gasteiger partial charge in [0.15, 0.2) is 0 Å². The summed E-state index contributed by atoms with van der Waals surface area (Å²) in [6.45, 7) is 0.502. The van der Waals surface area contributed by atoms with E-state index in [1.165, 1.54) is 36.3 Å². The summed E-state index contributed by atoms with van der Waals surface area (Å²) in [6, 6.07) is 5.93. The first-order chi connectivity index (χ1) is 11.5.